The van der Waals surface area contributed by atoms with Gasteiger partial charge in [-0.15, -0.1) is 0 Å². The number of aryl methyl sites for hydroxylation is 1. The first kappa shape index (κ1) is 19.4. The Balaban J connectivity index is 1.59. The highest BCUT2D eigenvalue weighted by Crippen LogP contribution is 2.35. The smallest absolute Gasteiger partial charge is 0.274 e. The van der Waals surface area contributed by atoms with Crippen LogP contribution in [0.5, 0.6) is 5.75 Å². The lowest BCUT2D eigenvalue weighted by Gasteiger charge is -2.27. The Morgan fingerprint density at radius 3 is 2.72 bits per heavy atom. The number of pyridine rings is 1. The lowest BCUT2D eigenvalue weighted by molar-refractivity contribution is 0.102. The summed E-state index contributed by atoms with van der Waals surface area (Å²) in [6, 6.07) is 9.68. The van der Waals surface area contributed by atoms with Gasteiger partial charge in [0.2, 0.25) is 0 Å². The van der Waals surface area contributed by atoms with Gasteiger partial charge in [-0.1, -0.05) is 19.4 Å². The minimum atomic E-state index is -0.253. The highest BCUT2D eigenvalue weighted by molar-refractivity contribution is 6.05. The van der Waals surface area contributed by atoms with Crippen molar-refractivity contribution >= 4 is 22.5 Å². The number of rotatable bonds is 5. The van der Waals surface area contributed by atoms with Gasteiger partial charge >= 0.3 is 0 Å². The van der Waals surface area contributed by atoms with Crippen molar-refractivity contribution in [3.63, 3.8) is 0 Å². The van der Waals surface area contributed by atoms with Crippen LogP contribution in [-0.4, -0.2) is 27.8 Å². The van der Waals surface area contributed by atoms with Gasteiger partial charge in [0.05, 0.1) is 24.4 Å². The van der Waals surface area contributed by atoms with Crippen LogP contribution in [0.3, 0.4) is 0 Å². The molecule has 2 aromatic heterocycles. The average molecular weight is 393 g/mol. The molecule has 0 atom stereocenters. The molecular weight excluding hydrogens is 364 g/mol. The highest BCUT2D eigenvalue weighted by Gasteiger charge is 2.22. The fraction of sp³-hybridized carbons (Fsp3) is 0.435. The number of hydrogen-bond acceptors (Lipinski definition) is 4. The number of benzene rings is 1. The number of carbonyl (C=O) groups is 1. The lowest BCUT2D eigenvalue weighted by Crippen LogP contribution is -2.18. The molecule has 0 saturated heterocycles. The number of nitrogens with one attached hydrogen (secondary N) is 1. The Bertz CT molecular complexity index is 1020. The molecule has 6 nitrogen and oxygen atoms in total. The number of amides is 1. The van der Waals surface area contributed by atoms with Gasteiger partial charge in [0.25, 0.3) is 5.91 Å². The molecule has 1 N–H and O–H groups in total. The van der Waals surface area contributed by atoms with Crippen LogP contribution in [0, 0.1) is 12.8 Å². The molecule has 1 aliphatic rings. The quantitative estimate of drug-likeness (QED) is 0.652. The summed E-state index contributed by atoms with van der Waals surface area (Å²) in [6.07, 6.45) is 8.24. The first-order chi connectivity index (χ1) is 14.1. The second kappa shape index (κ2) is 8.23. The van der Waals surface area contributed by atoms with Gasteiger partial charge in [0.15, 0.2) is 0 Å². The molecule has 2 heterocycles. The Morgan fingerprint density at radius 2 is 2.03 bits per heavy atom. The maximum Gasteiger partial charge on any atom is 0.274 e. The highest BCUT2D eigenvalue weighted by atomic mass is 16.5. The maximum absolute atomic E-state index is 12.6. The molecule has 1 saturated carbocycles. The van der Waals surface area contributed by atoms with Gasteiger partial charge in [-0.3, -0.25) is 9.48 Å². The van der Waals surface area contributed by atoms with Crippen molar-refractivity contribution in [1.82, 2.24) is 14.8 Å². The molecule has 0 aliphatic heterocycles. The predicted octanol–water partition coefficient (Wildman–Crippen LogP) is 5.14. The molecular formula is C23H28N4O2. The van der Waals surface area contributed by atoms with E-state index in [-0.39, 0.29) is 5.91 Å². The van der Waals surface area contributed by atoms with E-state index < -0.39 is 0 Å². The monoisotopic (exact) mass is 392 g/mol. The van der Waals surface area contributed by atoms with E-state index in [4.69, 9.17) is 9.84 Å². The molecule has 1 aromatic carbocycles. The zero-order valence-electron chi connectivity index (χ0n) is 17.3. The second-order valence-corrected chi connectivity index (χ2v) is 7.92. The van der Waals surface area contributed by atoms with Crippen molar-refractivity contribution in [3.8, 4) is 5.75 Å². The van der Waals surface area contributed by atoms with E-state index in [1.54, 1.807) is 13.2 Å². The first-order valence-electron chi connectivity index (χ1n) is 10.4. The molecule has 0 bridgehead atoms. The van der Waals surface area contributed by atoms with E-state index in [1.165, 1.54) is 32.1 Å². The normalized spacial score (nSPS) is 19.3. The third kappa shape index (κ3) is 4.11. The van der Waals surface area contributed by atoms with E-state index in [2.05, 4.69) is 28.1 Å². The van der Waals surface area contributed by atoms with Gasteiger partial charge < -0.3 is 10.1 Å². The first-order valence-corrected chi connectivity index (χ1v) is 10.4. The minimum Gasteiger partial charge on any atom is -0.494 e. The van der Waals surface area contributed by atoms with Crippen molar-refractivity contribution in [2.45, 2.75) is 52.0 Å². The Hall–Kier alpha value is -2.89. The number of aromatic nitrogens is 3. The summed E-state index contributed by atoms with van der Waals surface area (Å²) in [6.45, 7) is 4.15. The van der Waals surface area contributed by atoms with E-state index in [0.29, 0.717) is 23.2 Å². The zero-order chi connectivity index (χ0) is 20.4. The number of ether oxygens (including phenoxy) is 1. The maximum atomic E-state index is 12.6. The SMILES string of the molecule is CCC1CCC(n2cc3cc(NC(=O)c4cccc(C)n4)c(OC)cc3n2)CC1. The fourth-order valence-corrected chi connectivity index (χ4v) is 4.20. The number of anilines is 1. The standard InChI is InChI=1S/C23H28N4O2/c1-4-16-8-10-18(11-9-16)27-14-17-12-21(22(29-3)13-20(17)26-27)25-23(28)19-7-5-6-15(2)24-19/h5-7,12-14,16,18H,4,8-11H2,1-3H3,(H,25,28). The second-order valence-electron chi connectivity index (χ2n) is 7.92. The minimum absolute atomic E-state index is 0.253. The van der Waals surface area contributed by atoms with Gasteiger partial charge in [-0.25, -0.2) is 4.98 Å². The largest absolute Gasteiger partial charge is 0.494 e. The van der Waals surface area contributed by atoms with Gasteiger partial charge in [0.1, 0.15) is 11.4 Å². The molecule has 3 aromatic rings. The molecule has 1 amide bonds. The summed E-state index contributed by atoms with van der Waals surface area (Å²) >= 11 is 0. The van der Waals surface area contributed by atoms with Crippen molar-refractivity contribution < 1.29 is 9.53 Å². The number of nitrogens with zero attached hydrogens (tertiary/aromatic N) is 3. The van der Waals surface area contributed by atoms with Crippen LogP contribution in [0.4, 0.5) is 5.69 Å². The van der Waals surface area contributed by atoms with Crippen LogP contribution in [0.1, 0.15) is 61.3 Å². The third-order valence-electron chi connectivity index (χ3n) is 5.98. The zero-order valence-corrected chi connectivity index (χ0v) is 17.3. The molecule has 0 spiro atoms. The van der Waals surface area contributed by atoms with E-state index in [1.807, 2.05) is 31.2 Å². The molecule has 0 radical (unpaired) electrons. The van der Waals surface area contributed by atoms with Crippen LogP contribution >= 0.6 is 0 Å². The van der Waals surface area contributed by atoms with Crippen molar-refractivity contribution in [1.29, 1.82) is 0 Å². The van der Waals surface area contributed by atoms with Crippen molar-refractivity contribution in [2.24, 2.45) is 5.92 Å². The molecule has 6 heteroatoms. The molecule has 1 aliphatic carbocycles. The average Bonchev–Trinajstić information content (AvgIpc) is 3.16. The number of methoxy groups -OCH3 is 1. The number of fused-ring (bicyclic) bond motifs is 1. The van der Waals surface area contributed by atoms with Crippen molar-refractivity contribution in [3.05, 3.63) is 47.9 Å². The van der Waals surface area contributed by atoms with Crippen LogP contribution in [0.25, 0.3) is 10.9 Å². The lowest BCUT2D eigenvalue weighted by atomic mass is 9.85. The van der Waals surface area contributed by atoms with E-state index in [9.17, 15) is 4.79 Å². The molecule has 152 valence electrons. The molecule has 1 fully saturated rings. The molecule has 4 rings (SSSR count). The van der Waals surface area contributed by atoms with E-state index in [0.717, 1.165) is 22.5 Å². The van der Waals surface area contributed by atoms with Crippen LogP contribution < -0.4 is 10.1 Å². The Labute approximate surface area is 171 Å². The van der Waals surface area contributed by atoms with Gasteiger partial charge in [0, 0.05) is 23.3 Å². The molecule has 0 unspecified atom stereocenters. The number of hydrogen-bond donors (Lipinski definition) is 1. The number of carbonyl (C=O) groups excluding carboxylic acids is 1. The van der Waals surface area contributed by atoms with Gasteiger partial charge in [-0.2, -0.15) is 5.10 Å². The summed E-state index contributed by atoms with van der Waals surface area (Å²) in [4.78, 5) is 16.9. The van der Waals surface area contributed by atoms with Crippen LogP contribution in [0.2, 0.25) is 0 Å². The van der Waals surface area contributed by atoms with Gasteiger partial charge in [-0.05, 0) is 56.7 Å². The molecule has 29 heavy (non-hydrogen) atoms. The fourth-order valence-electron chi connectivity index (χ4n) is 4.20. The summed E-state index contributed by atoms with van der Waals surface area (Å²) in [7, 11) is 1.60. The topological polar surface area (TPSA) is 69.0 Å². The third-order valence-corrected chi connectivity index (χ3v) is 5.98. The summed E-state index contributed by atoms with van der Waals surface area (Å²) in [5, 5.41) is 8.73. The Kier molecular flexibility index (Phi) is 5.51. The Morgan fingerprint density at radius 1 is 1.24 bits per heavy atom. The predicted molar refractivity (Wildman–Crippen MR) is 114 cm³/mol. The van der Waals surface area contributed by atoms with Crippen LogP contribution in [-0.2, 0) is 0 Å². The summed E-state index contributed by atoms with van der Waals surface area (Å²) < 4.78 is 7.61. The van der Waals surface area contributed by atoms with Crippen LogP contribution in [0.15, 0.2) is 36.5 Å². The van der Waals surface area contributed by atoms with E-state index >= 15 is 0 Å². The summed E-state index contributed by atoms with van der Waals surface area (Å²) in [5.74, 6) is 1.20. The van der Waals surface area contributed by atoms with Crippen molar-refractivity contribution in [2.75, 3.05) is 12.4 Å². The summed E-state index contributed by atoms with van der Waals surface area (Å²) in [5.41, 5.74) is 2.70.